The van der Waals surface area contributed by atoms with Crippen LogP contribution in [0.5, 0.6) is 0 Å². The number of pyridine rings is 2. The van der Waals surface area contributed by atoms with Gasteiger partial charge in [0, 0.05) is 33.7 Å². The van der Waals surface area contributed by atoms with Crippen LogP contribution in [0.4, 0.5) is 0 Å². The highest BCUT2D eigenvalue weighted by Gasteiger charge is 2.49. The third kappa shape index (κ3) is 3.48. The first kappa shape index (κ1) is 26.8. The van der Waals surface area contributed by atoms with Gasteiger partial charge >= 0.3 is 0 Å². The lowest BCUT2D eigenvalue weighted by atomic mass is 9.72. The summed E-state index contributed by atoms with van der Waals surface area (Å²) in [6, 6.07) is 39.9. The van der Waals surface area contributed by atoms with E-state index in [0.717, 1.165) is 46.0 Å². The van der Waals surface area contributed by atoms with E-state index in [1.807, 2.05) is 0 Å². The molecule has 7 aromatic rings. The number of fused-ring (bicyclic) bond motifs is 10. The second kappa shape index (κ2) is 9.74. The third-order valence-corrected chi connectivity index (χ3v) is 11.8. The molecule has 0 radical (unpaired) electrons. The van der Waals surface area contributed by atoms with E-state index < -0.39 is 0 Å². The highest BCUT2D eigenvalue weighted by atomic mass is 14.7. The molecule has 0 aliphatic heterocycles. The van der Waals surface area contributed by atoms with Gasteiger partial charge in [-0.05, 0) is 116 Å². The molecule has 2 unspecified atom stereocenters. The summed E-state index contributed by atoms with van der Waals surface area (Å²) in [5, 5.41) is 4.84. The molecule has 12 rings (SSSR count). The van der Waals surface area contributed by atoms with Crippen LogP contribution >= 0.6 is 0 Å². The monoisotopic (exact) mass is 634 g/mol. The van der Waals surface area contributed by atoms with Crippen molar-refractivity contribution >= 4 is 60.9 Å². The fraction of sp³-hybridized carbons (Fsp3) is 0.0833. The van der Waals surface area contributed by atoms with Gasteiger partial charge in [-0.3, -0.25) is 0 Å². The molecule has 2 aromatic heterocycles. The molecule has 5 aliphatic carbocycles. The molecule has 5 aromatic carbocycles. The van der Waals surface area contributed by atoms with Crippen molar-refractivity contribution in [3.8, 4) is 22.5 Å². The number of hydrogen-bond donors (Lipinski definition) is 0. The van der Waals surface area contributed by atoms with Gasteiger partial charge in [0.2, 0.25) is 0 Å². The molecule has 232 valence electrons. The number of allylic oxidation sites excluding steroid dienone is 9. The van der Waals surface area contributed by atoms with Crippen LogP contribution in [0.3, 0.4) is 0 Å². The number of rotatable bonds is 2. The first-order valence-corrected chi connectivity index (χ1v) is 17.8. The zero-order chi connectivity index (χ0) is 32.5. The van der Waals surface area contributed by atoms with Crippen molar-refractivity contribution in [3.63, 3.8) is 0 Å². The lowest BCUT2D eigenvalue weighted by Gasteiger charge is -2.30. The molecule has 50 heavy (non-hydrogen) atoms. The summed E-state index contributed by atoms with van der Waals surface area (Å²) in [5.41, 5.74) is 20.4. The standard InChI is InChI=1S/C48H30N2/c1-2-12-30-26-38-37(25-29(30)11-1)45(41-23-17-27-9-3-7-15-39(27)49-41)47-35-21-19-33-31-13-5-6-14-32(31)34-20-22-36(44(35)43(33)34)48(47)46(38)42-24-18-28-10-4-8-16-40(28)50-42/h1,3-11,13-26,43-44H,2,12H2. The molecule has 0 saturated carbocycles. The predicted molar refractivity (Wildman–Crippen MR) is 208 cm³/mol. The van der Waals surface area contributed by atoms with E-state index in [1.165, 1.54) is 77.6 Å². The number of aromatic nitrogens is 2. The Labute approximate surface area is 290 Å². The molecule has 0 fully saturated rings. The minimum absolute atomic E-state index is 0.238. The average molecular weight is 635 g/mol. The van der Waals surface area contributed by atoms with Crippen LogP contribution in [0.2, 0.25) is 0 Å². The highest BCUT2D eigenvalue weighted by Crippen LogP contribution is 2.66. The fourth-order valence-electron chi connectivity index (χ4n) is 9.74. The van der Waals surface area contributed by atoms with Gasteiger partial charge in [-0.15, -0.1) is 0 Å². The lowest BCUT2D eigenvalue weighted by Crippen LogP contribution is -2.17. The number of benzene rings is 5. The molecular weight excluding hydrogens is 605 g/mol. The maximum Gasteiger partial charge on any atom is 0.0722 e. The summed E-state index contributed by atoms with van der Waals surface area (Å²) in [6.07, 6.45) is 16.5. The van der Waals surface area contributed by atoms with Crippen molar-refractivity contribution in [2.45, 2.75) is 12.8 Å². The van der Waals surface area contributed by atoms with Crippen LogP contribution < -0.4 is 0 Å². The Balaban J connectivity index is 1.26. The maximum absolute atomic E-state index is 5.42. The van der Waals surface area contributed by atoms with E-state index in [-0.39, 0.29) is 5.92 Å². The Kier molecular flexibility index (Phi) is 5.22. The molecule has 2 heteroatoms. The van der Waals surface area contributed by atoms with Crippen molar-refractivity contribution in [2.75, 3.05) is 0 Å². The third-order valence-electron chi connectivity index (χ3n) is 11.8. The van der Waals surface area contributed by atoms with Crippen LogP contribution in [-0.2, 0) is 6.42 Å². The zero-order valence-corrected chi connectivity index (χ0v) is 27.3. The summed E-state index contributed by atoms with van der Waals surface area (Å²) in [6.45, 7) is 0. The van der Waals surface area contributed by atoms with Gasteiger partial charge in [-0.25, -0.2) is 9.97 Å². The van der Waals surface area contributed by atoms with Crippen molar-refractivity contribution in [2.24, 2.45) is 11.8 Å². The van der Waals surface area contributed by atoms with Crippen molar-refractivity contribution in [3.05, 3.63) is 173 Å². The molecule has 0 spiro atoms. The van der Waals surface area contributed by atoms with E-state index in [2.05, 4.69) is 146 Å². The molecular formula is C48H30N2. The molecule has 2 nitrogen and oxygen atoms in total. The Bertz CT molecular complexity index is 2880. The first-order valence-electron chi connectivity index (χ1n) is 17.8. The molecule has 2 heterocycles. The Morgan fingerprint density at radius 3 is 1.62 bits per heavy atom. The van der Waals surface area contributed by atoms with Gasteiger partial charge in [-0.1, -0.05) is 109 Å². The normalized spacial score (nSPS) is 19.0. The van der Waals surface area contributed by atoms with Crippen LogP contribution in [-0.4, -0.2) is 9.97 Å². The van der Waals surface area contributed by atoms with Gasteiger partial charge in [0.1, 0.15) is 0 Å². The first-order chi connectivity index (χ1) is 24.8. The quantitative estimate of drug-likeness (QED) is 0.189. The van der Waals surface area contributed by atoms with Gasteiger partial charge in [0.15, 0.2) is 0 Å². The van der Waals surface area contributed by atoms with E-state index in [4.69, 9.17) is 9.97 Å². The molecule has 2 atom stereocenters. The van der Waals surface area contributed by atoms with Crippen LogP contribution in [0.15, 0.2) is 140 Å². The minimum atomic E-state index is 0.238. The largest absolute Gasteiger partial charge is 0.248 e. The lowest BCUT2D eigenvalue weighted by molar-refractivity contribution is 0.758. The smallest absolute Gasteiger partial charge is 0.0722 e. The number of hydrogen-bond acceptors (Lipinski definition) is 2. The number of para-hydroxylation sites is 2. The molecule has 0 bridgehead atoms. The summed E-state index contributed by atoms with van der Waals surface area (Å²) in [4.78, 5) is 10.8. The highest BCUT2D eigenvalue weighted by molar-refractivity contribution is 6.20. The van der Waals surface area contributed by atoms with Crippen molar-refractivity contribution < 1.29 is 0 Å². The summed E-state index contributed by atoms with van der Waals surface area (Å²) in [5.74, 6) is 0.538. The minimum Gasteiger partial charge on any atom is -0.248 e. The van der Waals surface area contributed by atoms with E-state index in [1.54, 1.807) is 0 Å². The van der Waals surface area contributed by atoms with Crippen LogP contribution in [0, 0.1) is 11.8 Å². The van der Waals surface area contributed by atoms with Crippen LogP contribution in [0.25, 0.3) is 83.5 Å². The van der Waals surface area contributed by atoms with Crippen LogP contribution in [0.1, 0.15) is 39.8 Å². The van der Waals surface area contributed by atoms with Crippen molar-refractivity contribution in [1.29, 1.82) is 0 Å². The second-order valence-electron chi connectivity index (χ2n) is 14.3. The predicted octanol–water partition coefficient (Wildman–Crippen LogP) is 11.8. The van der Waals surface area contributed by atoms with Gasteiger partial charge in [-0.2, -0.15) is 0 Å². The van der Waals surface area contributed by atoms with Gasteiger partial charge < -0.3 is 0 Å². The van der Waals surface area contributed by atoms with E-state index >= 15 is 0 Å². The van der Waals surface area contributed by atoms with E-state index in [9.17, 15) is 0 Å². The summed E-state index contributed by atoms with van der Waals surface area (Å²) in [7, 11) is 0. The maximum atomic E-state index is 5.42. The Hall–Kier alpha value is -6.12. The average Bonchev–Trinajstić information content (AvgIpc) is 3.68. The molecule has 0 amide bonds. The fourth-order valence-corrected chi connectivity index (χ4v) is 9.74. The zero-order valence-electron chi connectivity index (χ0n) is 27.3. The molecule has 5 aliphatic rings. The molecule has 0 N–H and O–H groups in total. The van der Waals surface area contributed by atoms with E-state index in [0.29, 0.717) is 5.92 Å². The Morgan fingerprint density at radius 2 is 1.00 bits per heavy atom. The van der Waals surface area contributed by atoms with Crippen molar-refractivity contribution in [1.82, 2.24) is 9.97 Å². The topological polar surface area (TPSA) is 25.8 Å². The number of nitrogens with zero attached hydrogens (tertiary/aromatic N) is 2. The summed E-state index contributed by atoms with van der Waals surface area (Å²) >= 11 is 0. The SMILES string of the molecule is C1=Cc2cc3c(-c4ccc5ccccc5n4)c4c(c(-c5ccc6ccccc6n5)c3cc2CC1)C1=CC=C2c3ccccc3C3=CC=C4C1C32. The van der Waals surface area contributed by atoms with Gasteiger partial charge in [0.05, 0.1) is 22.4 Å². The molecule has 0 saturated heterocycles. The summed E-state index contributed by atoms with van der Waals surface area (Å²) < 4.78 is 0. The van der Waals surface area contributed by atoms with Gasteiger partial charge in [0.25, 0.3) is 0 Å². The second-order valence-corrected chi connectivity index (χ2v) is 14.3. The Morgan fingerprint density at radius 1 is 0.480 bits per heavy atom. The number of aryl methyl sites for hydroxylation is 1.